The molecule has 2 aromatic carbocycles. The molecule has 3 heterocycles. The molecule has 5 atom stereocenters. The van der Waals surface area contributed by atoms with Crippen LogP contribution in [-0.2, 0) is 4.74 Å². The maximum Gasteiger partial charge on any atom is 0.338 e. The number of ether oxygens (including phenoxy) is 1. The first-order valence-electron chi connectivity index (χ1n) is 11.6. The molecule has 0 unspecified atom stereocenters. The first-order valence-corrected chi connectivity index (χ1v) is 11.6. The maximum atomic E-state index is 13.1. The van der Waals surface area contributed by atoms with Gasteiger partial charge in [-0.15, -0.1) is 6.58 Å². The Hall–Kier alpha value is -2.98. The molecule has 1 aromatic heterocycles. The number of carbonyl (C=O) groups excluding carboxylic acids is 1. The Labute approximate surface area is 188 Å². The number of hydrogen-bond acceptors (Lipinski definition) is 4. The van der Waals surface area contributed by atoms with Crippen LogP contribution < -0.4 is 0 Å². The minimum Gasteiger partial charge on any atom is -0.452 e. The van der Waals surface area contributed by atoms with Gasteiger partial charge in [0.1, 0.15) is 6.10 Å². The van der Waals surface area contributed by atoms with Crippen LogP contribution in [-0.4, -0.2) is 34.0 Å². The van der Waals surface area contributed by atoms with Crippen molar-refractivity contribution in [1.82, 2.24) is 9.88 Å². The first kappa shape index (κ1) is 19.7. The lowest BCUT2D eigenvalue weighted by Crippen LogP contribution is -2.74. The minimum absolute atomic E-state index is 0.188. The Morgan fingerprint density at radius 1 is 1.19 bits per heavy atom. The van der Waals surface area contributed by atoms with Crippen molar-refractivity contribution in [1.29, 1.82) is 0 Å². The van der Waals surface area contributed by atoms with Crippen molar-refractivity contribution in [3.8, 4) is 0 Å². The number of benzene rings is 2. The van der Waals surface area contributed by atoms with Gasteiger partial charge in [-0.1, -0.05) is 49.4 Å². The summed E-state index contributed by atoms with van der Waals surface area (Å²) in [5.41, 5.74) is 3.07. The lowest BCUT2D eigenvalue weighted by atomic mass is 9.46. The smallest absolute Gasteiger partial charge is 0.338 e. The molecule has 0 radical (unpaired) electrons. The first-order chi connectivity index (χ1) is 15.6. The Balaban J connectivity index is 1.37. The predicted molar refractivity (Wildman–Crippen MR) is 125 cm³/mol. The number of allylic oxidation sites excluding steroid dienone is 1. The minimum atomic E-state index is -0.324. The SMILES string of the molecule is C=C[C@]1(C)C[C@]23C[C@H]([C@@H](OC(=O)c4ccccc4)c4ccnc5ccccc45)N2CC[C@@H]31. The van der Waals surface area contributed by atoms with Crippen LogP contribution in [0.25, 0.3) is 10.9 Å². The third kappa shape index (κ3) is 2.65. The largest absolute Gasteiger partial charge is 0.452 e. The number of carbonyl (C=O) groups is 1. The van der Waals surface area contributed by atoms with Crippen molar-refractivity contribution in [2.24, 2.45) is 11.3 Å². The highest BCUT2D eigenvalue weighted by Gasteiger charge is 2.72. The molecule has 2 aliphatic heterocycles. The van der Waals surface area contributed by atoms with E-state index >= 15 is 0 Å². The Kier molecular flexibility index (Phi) is 4.31. The molecule has 4 nitrogen and oxygen atoms in total. The number of pyridine rings is 1. The van der Waals surface area contributed by atoms with E-state index in [9.17, 15) is 4.79 Å². The fourth-order valence-corrected chi connectivity index (χ4v) is 6.93. The second kappa shape index (κ2) is 7.01. The van der Waals surface area contributed by atoms with E-state index in [2.05, 4.69) is 35.5 Å². The summed E-state index contributed by atoms with van der Waals surface area (Å²) in [4.78, 5) is 20.3. The molecule has 6 rings (SSSR count). The van der Waals surface area contributed by atoms with Gasteiger partial charge >= 0.3 is 5.97 Å². The number of fused-ring (bicyclic) bond motifs is 1. The second-order valence-electron chi connectivity index (χ2n) is 9.91. The van der Waals surface area contributed by atoms with Crippen LogP contribution in [0.15, 0.2) is 79.5 Å². The molecular weight excluding hydrogens is 396 g/mol. The van der Waals surface area contributed by atoms with Crippen LogP contribution in [0.3, 0.4) is 0 Å². The molecule has 1 saturated carbocycles. The van der Waals surface area contributed by atoms with Crippen LogP contribution in [0.1, 0.15) is 48.2 Å². The summed E-state index contributed by atoms with van der Waals surface area (Å²) in [6.07, 6.45) is 7.07. The normalized spacial score (nSPS) is 31.7. The van der Waals surface area contributed by atoms with Crippen LogP contribution in [0.5, 0.6) is 0 Å². The highest BCUT2D eigenvalue weighted by molar-refractivity contribution is 5.90. The summed E-state index contributed by atoms with van der Waals surface area (Å²) in [6.45, 7) is 7.51. The molecule has 3 fully saturated rings. The zero-order valence-electron chi connectivity index (χ0n) is 18.4. The monoisotopic (exact) mass is 424 g/mol. The standard InChI is InChI=1S/C28H28N2O2/c1-3-27(2)18-28-17-23(30(28)16-14-24(27)28)25(32-26(31)19-9-5-4-6-10-19)21-13-15-29-22-12-8-7-11-20(21)22/h3-13,15,23-25H,1,14,16-18H2,2H3/t23-,24-,25+,27-,28+/m1/s1. The van der Waals surface area contributed by atoms with Crippen LogP contribution in [0.2, 0.25) is 0 Å². The topological polar surface area (TPSA) is 42.4 Å². The van der Waals surface area contributed by atoms with Gasteiger partial charge in [-0.2, -0.15) is 0 Å². The zero-order chi connectivity index (χ0) is 21.9. The quantitative estimate of drug-likeness (QED) is 0.397. The average molecular weight is 425 g/mol. The highest BCUT2D eigenvalue weighted by Crippen LogP contribution is 2.69. The Bertz CT molecular complexity index is 1200. The van der Waals surface area contributed by atoms with Crippen molar-refractivity contribution in [2.75, 3.05) is 6.54 Å². The van der Waals surface area contributed by atoms with E-state index in [-0.39, 0.29) is 29.1 Å². The van der Waals surface area contributed by atoms with E-state index in [0.717, 1.165) is 35.9 Å². The van der Waals surface area contributed by atoms with Crippen molar-refractivity contribution >= 4 is 16.9 Å². The number of hydrogen-bond donors (Lipinski definition) is 0. The fraction of sp³-hybridized carbons (Fsp3) is 0.357. The van der Waals surface area contributed by atoms with E-state index in [1.165, 1.54) is 6.42 Å². The third-order valence-electron chi connectivity index (χ3n) is 8.37. The van der Waals surface area contributed by atoms with Gasteiger partial charge in [0.05, 0.1) is 17.1 Å². The predicted octanol–water partition coefficient (Wildman–Crippen LogP) is 5.56. The molecule has 0 bridgehead atoms. The van der Waals surface area contributed by atoms with Crippen LogP contribution >= 0.6 is 0 Å². The number of rotatable bonds is 5. The maximum absolute atomic E-state index is 13.1. The molecule has 32 heavy (non-hydrogen) atoms. The van der Waals surface area contributed by atoms with Crippen LogP contribution in [0.4, 0.5) is 0 Å². The molecule has 0 N–H and O–H groups in total. The molecule has 1 aliphatic carbocycles. The molecule has 4 heteroatoms. The molecule has 2 saturated heterocycles. The molecule has 0 amide bonds. The van der Waals surface area contributed by atoms with Gasteiger partial charge in [0.15, 0.2) is 0 Å². The second-order valence-corrected chi connectivity index (χ2v) is 9.91. The van der Waals surface area contributed by atoms with Gasteiger partial charge in [-0.05, 0) is 61.4 Å². The molecule has 162 valence electrons. The summed E-state index contributed by atoms with van der Waals surface area (Å²) in [7, 11) is 0. The van der Waals surface area contributed by atoms with Crippen molar-refractivity contribution in [3.63, 3.8) is 0 Å². The van der Waals surface area contributed by atoms with E-state index in [1.807, 2.05) is 60.8 Å². The van der Waals surface area contributed by atoms with Gasteiger partial charge < -0.3 is 4.74 Å². The highest BCUT2D eigenvalue weighted by atomic mass is 16.5. The van der Waals surface area contributed by atoms with Crippen molar-refractivity contribution < 1.29 is 9.53 Å². The average Bonchev–Trinajstić information content (AvgIpc) is 3.06. The van der Waals surface area contributed by atoms with Gasteiger partial charge in [0, 0.05) is 22.7 Å². The van der Waals surface area contributed by atoms with E-state index in [1.54, 1.807) is 0 Å². The summed E-state index contributed by atoms with van der Waals surface area (Å²) in [6, 6.07) is 19.6. The lowest BCUT2D eigenvalue weighted by molar-refractivity contribution is -0.193. The Morgan fingerprint density at radius 3 is 2.78 bits per heavy atom. The van der Waals surface area contributed by atoms with Crippen molar-refractivity contribution in [3.05, 3.63) is 90.6 Å². The zero-order valence-corrected chi connectivity index (χ0v) is 18.4. The molecular formula is C28H28N2O2. The molecule has 1 spiro atoms. The van der Waals surface area contributed by atoms with E-state index in [0.29, 0.717) is 11.5 Å². The Morgan fingerprint density at radius 2 is 1.97 bits per heavy atom. The van der Waals surface area contributed by atoms with Gasteiger partial charge in [-0.3, -0.25) is 9.88 Å². The summed E-state index contributed by atoms with van der Waals surface area (Å²) >= 11 is 0. The van der Waals surface area contributed by atoms with E-state index in [4.69, 9.17) is 4.74 Å². The number of aromatic nitrogens is 1. The summed E-state index contributed by atoms with van der Waals surface area (Å²) < 4.78 is 6.30. The van der Waals surface area contributed by atoms with Crippen LogP contribution in [0, 0.1) is 11.3 Å². The van der Waals surface area contributed by atoms with Crippen molar-refractivity contribution in [2.45, 2.75) is 43.9 Å². The molecule has 3 aliphatic rings. The van der Waals surface area contributed by atoms with Gasteiger partial charge in [0.2, 0.25) is 0 Å². The van der Waals surface area contributed by atoms with Gasteiger partial charge in [-0.25, -0.2) is 4.79 Å². The number of para-hydroxylation sites is 1. The summed E-state index contributed by atoms with van der Waals surface area (Å²) in [5, 5.41) is 1.06. The van der Waals surface area contributed by atoms with Gasteiger partial charge in [0.25, 0.3) is 0 Å². The summed E-state index contributed by atoms with van der Waals surface area (Å²) in [5.74, 6) is 0.390. The fourth-order valence-electron chi connectivity index (χ4n) is 6.93. The number of esters is 1. The third-order valence-corrected chi connectivity index (χ3v) is 8.37. The number of nitrogens with zero attached hydrogens (tertiary/aromatic N) is 2. The molecule has 3 aromatic rings. The lowest BCUT2D eigenvalue weighted by Gasteiger charge is -2.69. The van der Waals surface area contributed by atoms with E-state index < -0.39 is 0 Å².